The highest BCUT2D eigenvalue weighted by atomic mass is 32.2. The second-order valence-corrected chi connectivity index (χ2v) is 6.70. The van der Waals surface area contributed by atoms with E-state index in [9.17, 15) is 13.2 Å². The standard InChI is InChI=1S/C16H18N2O4S/c1-11-4-3-5-14(10-11)22-12(2)16(19)18-13-6-8-15(9-7-13)23(17,20)21/h3-10,12H,1-2H3,(H,18,19)(H2,17,20,21). The summed E-state index contributed by atoms with van der Waals surface area (Å²) in [5.41, 5.74) is 1.50. The Kier molecular flexibility index (Phi) is 5.02. The van der Waals surface area contributed by atoms with Crippen LogP contribution in [0.3, 0.4) is 0 Å². The summed E-state index contributed by atoms with van der Waals surface area (Å²) in [6.45, 7) is 3.57. The van der Waals surface area contributed by atoms with E-state index in [0.29, 0.717) is 11.4 Å². The Bertz CT molecular complexity index is 801. The third-order valence-corrected chi connectivity index (χ3v) is 4.05. The number of aryl methyl sites for hydroxylation is 1. The normalized spacial score (nSPS) is 12.5. The maximum atomic E-state index is 12.1. The second kappa shape index (κ2) is 6.80. The molecule has 0 saturated heterocycles. The number of rotatable bonds is 5. The number of hydrogen-bond acceptors (Lipinski definition) is 4. The molecule has 0 fully saturated rings. The molecule has 2 aromatic rings. The minimum atomic E-state index is -3.75. The molecule has 2 rings (SSSR count). The van der Waals surface area contributed by atoms with Crippen LogP contribution < -0.4 is 15.2 Å². The number of sulfonamides is 1. The van der Waals surface area contributed by atoms with E-state index in [1.54, 1.807) is 13.0 Å². The number of ether oxygens (including phenoxy) is 1. The first-order chi connectivity index (χ1) is 10.8. The van der Waals surface area contributed by atoms with Crippen LogP contribution >= 0.6 is 0 Å². The monoisotopic (exact) mass is 334 g/mol. The molecule has 122 valence electrons. The van der Waals surface area contributed by atoms with Gasteiger partial charge in [-0.2, -0.15) is 0 Å². The fraction of sp³-hybridized carbons (Fsp3) is 0.188. The van der Waals surface area contributed by atoms with Gasteiger partial charge in [-0.15, -0.1) is 0 Å². The number of benzene rings is 2. The van der Waals surface area contributed by atoms with Crippen LogP contribution in [0.25, 0.3) is 0 Å². The van der Waals surface area contributed by atoms with Crippen molar-refractivity contribution in [2.45, 2.75) is 24.8 Å². The topological polar surface area (TPSA) is 98.5 Å². The number of amides is 1. The lowest BCUT2D eigenvalue weighted by Gasteiger charge is -2.15. The van der Waals surface area contributed by atoms with Crippen molar-refractivity contribution in [3.8, 4) is 5.75 Å². The fourth-order valence-corrected chi connectivity index (χ4v) is 2.43. The number of carbonyl (C=O) groups excluding carboxylic acids is 1. The number of hydrogen-bond donors (Lipinski definition) is 2. The molecule has 3 N–H and O–H groups in total. The van der Waals surface area contributed by atoms with Crippen LogP contribution in [0.5, 0.6) is 5.75 Å². The Morgan fingerprint density at radius 2 is 1.83 bits per heavy atom. The van der Waals surface area contributed by atoms with Gasteiger partial charge in [-0.25, -0.2) is 13.6 Å². The number of nitrogens with two attached hydrogens (primary N) is 1. The van der Waals surface area contributed by atoms with Gasteiger partial charge in [0, 0.05) is 5.69 Å². The van der Waals surface area contributed by atoms with E-state index in [-0.39, 0.29) is 10.8 Å². The summed E-state index contributed by atoms with van der Waals surface area (Å²) >= 11 is 0. The zero-order valence-corrected chi connectivity index (χ0v) is 13.6. The van der Waals surface area contributed by atoms with E-state index in [4.69, 9.17) is 9.88 Å². The molecule has 0 saturated carbocycles. The van der Waals surface area contributed by atoms with Gasteiger partial charge in [-0.3, -0.25) is 4.79 Å². The third kappa shape index (κ3) is 4.80. The molecule has 0 aliphatic rings. The van der Waals surface area contributed by atoms with Crippen LogP contribution in [0, 0.1) is 6.92 Å². The molecule has 23 heavy (non-hydrogen) atoms. The van der Waals surface area contributed by atoms with E-state index >= 15 is 0 Å². The van der Waals surface area contributed by atoms with Crippen molar-refractivity contribution in [1.29, 1.82) is 0 Å². The Balaban J connectivity index is 2.01. The molecule has 6 nitrogen and oxygen atoms in total. The molecule has 0 spiro atoms. The van der Waals surface area contributed by atoms with Gasteiger partial charge in [0.15, 0.2) is 6.10 Å². The van der Waals surface area contributed by atoms with Gasteiger partial charge in [-0.1, -0.05) is 12.1 Å². The Morgan fingerprint density at radius 3 is 2.39 bits per heavy atom. The van der Waals surface area contributed by atoms with Crippen LogP contribution in [-0.2, 0) is 14.8 Å². The van der Waals surface area contributed by atoms with E-state index in [0.717, 1.165) is 5.56 Å². The molecule has 1 amide bonds. The highest BCUT2D eigenvalue weighted by Crippen LogP contribution is 2.16. The SMILES string of the molecule is Cc1cccc(OC(C)C(=O)Nc2ccc(S(N)(=O)=O)cc2)c1. The molecule has 2 aromatic carbocycles. The summed E-state index contributed by atoms with van der Waals surface area (Å²) in [5.74, 6) is 0.270. The first kappa shape index (κ1) is 17.0. The van der Waals surface area contributed by atoms with Crippen LogP contribution in [0.1, 0.15) is 12.5 Å². The maximum Gasteiger partial charge on any atom is 0.265 e. The average Bonchev–Trinajstić information content (AvgIpc) is 2.46. The third-order valence-electron chi connectivity index (χ3n) is 3.12. The van der Waals surface area contributed by atoms with Crippen molar-refractivity contribution in [3.05, 3.63) is 54.1 Å². The molecule has 0 heterocycles. The Labute approximate surface area is 135 Å². The van der Waals surface area contributed by atoms with E-state index in [1.807, 2.05) is 25.1 Å². The Morgan fingerprint density at radius 1 is 1.17 bits per heavy atom. The molecule has 1 unspecified atom stereocenters. The van der Waals surface area contributed by atoms with Crippen molar-refractivity contribution in [1.82, 2.24) is 0 Å². The predicted molar refractivity (Wildman–Crippen MR) is 87.7 cm³/mol. The summed E-state index contributed by atoms with van der Waals surface area (Å²) in [6.07, 6.45) is -0.699. The number of nitrogens with one attached hydrogen (secondary N) is 1. The van der Waals surface area contributed by atoms with Crippen molar-refractivity contribution in [2.24, 2.45) is 5.14 Å². The first-order valence-corrected chi connectivity index (χ1v) is 8.47. The molecule has 0 aliphatic carbocycles. The van der Waals surface area contributed by atoms with Gasteiger partial charge in [0.25, 0.3) is 5.91 Å². The van der Waals surface area contributed by atoms with E-state index in [2.05, 4.69) is 5.32 Å². The van der Waals surface area contributed by atoms with Crippen LogP contribution in [0.4, 0.5) is 5.69 Å². The second-order valence-electron chi connectivity index (χ2n) is 5.14. The lowest BCUT2D eigenvalue weighted by atomic mass is 10.2. The smallest absolute Gasteiger partial charge is 0.265 e. The molecule has 0 radical (unpaired) electrons. The minimum absolute atomic E-state index is 0.0143. The van der Waals surface area contributed by atoms with E-state index < -0.39 is 16.1 Å². The van der Waals surface area contributed by atoms with Crippen LogP contribution in [-0.4, -0.2) is 20.4 Å². The summed E-state index contributed by atoms with van der Waals surface area (Å²) in [4.78, 5) is 12.1. The predicted octanol–water partition coefficient (Wildman–Crippen LogP) is 2.05. The molecular weight excluding hydrogens is 316 g/mol. The van der Waals surface area contributed by atoms with E-state index in [1.165, 1.54) is 24.3 Å². The summed E-state index contributed by atoms with van der Waals surface area (Å²) in [7, 11) is -3.75. The summed E-state index contributed by atoms with van der Waals surface area (Å²) < 4.78 is 27.9. The molecule has 7 heteroatoms. The highest BCUT2D eigenvalue weighted by Gasteiger charge is 2.15. The summed E-state index contributed by atoms with van der Waals surface area (Å²) in [5, 5.41) is 7.67. The molecule has 0 aromatic heterocycles. The zero-order chi connectivity index (χ0) is 17.0. The van der Waals surface area contributed by atoms with Crippen molar-refractivity contribution in [3.63, 3.8) is 0 Å². The molecular formula is C16H18N2O4S. The van der Waals surface area contributed by atoms with Crippen molar-refractivity contribution < 1.29 is 17.9 Å². The molecule has 1 atom stereocenters. The molecule has 0 aliphatic heterocycles. The Hall–Kier alpha value is -2.38. The average molecular weight is 334 g/mol. The lowest BCUT2D eigenvalue weighted by Crippen LogP contribution is -2.30. The number of carbonyl (C=O) groups is 1. The van der Waals surface area contributed by atoms with Crippen molar-refractivity contribution in [2.75, 3.05) is 5.32 Å². The molecule has 0 bridgehead atoms. The van der Waals surface area contributed by atoms with Gasteiger partial charge in [0.1, 0.15) is 5.75 Å². The number of anilines is 1. The van der Waals surface area contributed by atoms with Gasteiger partial charge >= 0.3 is 0 Å². The summed E-state index contributed by atoms with van der Waals surface area (Å²) in [6, 6.07) is 13.0. The fourth-order valence-electron chi connectivity index (χ4n) is 1.92. The first-order valence-electron chi connectivity index (χ1n) is 6.93. The number of primary sulfonamides is 1. The largest absolute Gasteiger partial charge is 0.481 e. The van der Waals surface area contributed by atoms with Crippen LogP contribution in [0.15, 0.2) is 53.4 Å². The van der Waals surface area contributed by atoms with Gasteiger partial charge < -0.3 is 10.1 Å². The lowest BCUT2D eigenvalue weighted by molar-refractivity contribution is -0.122. The van der Waals surface area contributed by atoms with Gasteiger partial charge in [-0.05, 0) is 55.8 Å². The zero-order valence-electron chi connectivity index (χ0n) is 12.8. The van der Waals surface area contributed by atoms with Gasteiger partial charge in [0.2, 0.25) is 10.0 Å². The maximum absolute atomic E-state index is 12.1. The quantitative estimate of drug-likeness (QED) is 0.874. The highest BCUT2D eigenvalue weighted by molar-refractivity contribution is 7.89. The minimum Gasteiger partial charge on any atom is -0.481 e. The van der Waals surface area contributed by atoms with Crippen molar-refractivity contribution >= 4 is 21.6 Å². The van der Waals surface area contributed by atoms with Gasteiger partial charge in [0.05, 0.1) is 4.90 Å². The van der Waals surface area contributed by atoms with Crippen LogP contribution in [0.2, 0.25) is 0 Å².